The van der Waals surface area contributed by atoms with Crippen LogP contribution in [0.3, 0.4) is 0 Å². The Morgan fingerprint density at radius 2 is 1.76 bits per heavy atom. The molecule has 1 aromatic heterocycles. The zero-order valence-electron chi connectivity index (χ0n) is 18.7. The van der Waals surface area contributed by atoms with Crippen LogP contribution in [0.5, 0.6) is 0 Å². The van der Waals surface area contributed by atoms with E-state index in [2.05, 4.69) is 29.4 Å². The minimum atomic E-state index is -3.52. The minimum absolute atomic E-state index is 0.265. The quantitative estimate of drug-likeness (QED) is 0.635. The van der Waals surface area contributed by atoms with Crippen molar-refractivity contribution in [1.82, 2.24) is 24.5 Å². The Morgan fingerprint density at radius 3 is 2.42 bits per heavy atom. The molecule has 0 spiro atoms. The van der Waals surface area contributed by atoms with Gasteiger partial charge in [-0.1, -0.05) is 11.6 Å². The summed E-state index contributed by atoms with van der Waals surface area (Å²) in [6.45, 7) is 7.68. The third kappa shape index (κ3) is 5.33. The monoisotopic (exact) mass is 490 g/mol. The summed E-state index contributed by atoms with van der Waals surface area (Å²) >= 11 is 5.89. The highest BCUT2D eigenvalue weighted by Gasteiger charge is 2.41. The maximum atomic E-state index is 12.7. The maximum absolute atomic E-state index is 12.7. The molecule has 0 amide bonds. The summed E-state index contributed by atoms with van der Waals surface area (Å²) in [6.07, 6.45) is 5.87. The SMILES string of the molecule is O=S(=O)(NC[C@H]1C[C@@H]2CCN1C[C@@H]2CN1CCN(c2ncccn2)CC1)c1ccc(Cl)cc1. The van der Waals surface area contributed by atoms with Crippen LogP contribution in [0.15, 0.2) is 47.6 Å². The van der Waals surface area contributed by atoms with Gasteiger partial charge in [0.1, 0.15) is 0 Å². The Hall–Kier alpha value is -1.78. The molecular formula is C23H31ClN6O2S. The highest BCUT2D eigenvalue weighted by molar-refractivity contribution is 7.89. The average molecular weight is 491 g/mol. The van der Waals surface area contributed by atoms with Gasteiger partial charge in [-0.3, -0.25) is 9.80 Å². The number of rotatable bonds is 7. The van der Waals surface area contributed by atoms with Crippen molar-refractivity contribution < 1.29 is 8.42 Å². The number of aromatic nitrogens is 2. The molecule has 2 bridgehead atoms. The van der Waals surface area contributed by atoms with Crippen molar-refractivity contribution in [3.8, 4) is 0 Å². The van der Waals surface area contributed by atoms with Crippen LogP contribution in [-0.2, 0) is 10.0 Å². The predicted molar refractivity (Wildman–Crippen MR) is 129 cm³/mol. The first-order valence-corrected chi connectivity index (χ1v) is 13.6. The fraction of sp³-hybridized carbons (Fsp3) is 0.565. The fourth-order valence-corrected chi connectivity index (χ4v) is 6.69. The van der Waals surface area contributed by atoms with E-state index in [1.807, 2.05) is 6.07 Å². The second-order valence-corrected chi connectivity index (χ2v) is 11.5. The Bertz CT molecular complexity index is 1030. The standard InChI is InChI=1S/C23H31ClN6O2S/c24-20-2-4-22(5-3-20)33(31,32)27-15-21-14-18-6-9-30(21)17-19(18)16-28-10-12-29(13-11-28)23-25-7-1-8-26-23/h1-5,7-8,18-19,21,27H,6,9-17H2/t18-,19-,21+/m0/s1. The molecule has 4 saturated heterocycles. The van der Waals surface area contributed by atoms with Gasteiger partial charge in [0.15, 0.2) is 0 Å². The molecule has 4 aliphatic heterocycles. The fourth-order valence-electron chi connectivity index (χ4n) is 5.49. The molecule has 33 heavy (non-hydrogen) atoms. The molecule has 5 heterocycles. The smallest absolute Gasteiger partial charge is 0.240 e. The molecule has 178 valence electrons. The van der Waals surface area contributed by atoms with Crippen LogP contribution in [0.25, 0.3) is 0 Å². The van der Waals surface area contributed by atoms with Crippen molar-refractivity contribution >= 4 is 27.6 Å². The highest BCUT2D eigenvalue weighted by Crippen LogP contribution is 2.36. The van der Waals surface area contributed by atoms with Gasteiger partial charge in [0.25, 0.3) is 0 Å². The first-order valence-electron chi connectivity index (χ1n) is 11.7. The minimum Gasteiger partial charge on any atom is -0.338 e. The number of piperidine rings is 3. The van der Waals surface area contributed by atoms with E-state index in [-0.39, 0.29) is 10.9 Å². The Morgan fingerprint density at radius 1 is 1.03 bits per heavy atom. The Labute approximate surface area is 201 Å². The number of hydrogen-bond donors (Lipinski definition) is 1. The van der Waals surface area contributed by atoms with Gasteiger partial charge in [0.05, 0.1) is 4.90 Å². The van der Waals surface area contributed by atoms with Gasteiger partial charge in [0.2, 0.25) is 16.0 Å². The third-order valence-corrected chi connectivity index (χ3v) is 9.04. The average Bonchev–Trinajstić information content (AvgIpc) is 2.85. The second kappa shape index (κ2) is 9.84. The number of piperazine rings is 1. The largest absolute Gasteiger partial charge is 0.338 e. The number of benzene rings is 1. The lowest BCUT2D eigenvalue weighted by atomic mass is 9.75. The van der Waals surface area contributed by atoms with Gasteiger partial charge < -0.3 is 4.90 Å². The first kappa shape index (κ1) is 23.0. The zero-order chi connectivity index (χ0) is 22.8. The van der Waals surface area contributed by atoms with Crippen molar-refractivity contribution in [2.24, 2.45) is 11.8 Å². The number of nitrogens with zero attached hydrogens (tertiary/aromatic N) is 5. The Kier molecular flexibility index (Phi) is 6.85. The number of nitrogens with one attached hydrogen (secondary N) is 1. The van der Waals surface area contributed by atoms with Crippen LogP contribution < -0.4 is 9.62 Å². The van der Waals surface area contributed by atoms with Crippen LogP contribution in [0.4, 0.5) is 5.95 Å². The second-order valence-electron chi connectivity index (χ2n) is 9.34. The van der Waals surface area contributed by atoms with Crippen molar-refractivity contribution in [2.45, 2.75) is 23.8 Å². The van der Waals surface area contributed by atoms with Gasteiger partial charge in [-0.05, 0) is 61.6 Å². The summed E-state index contributed by atoms with van der Waals surface area (Å²) in [5.74, 6) is 2.14. The van der Waals surface area contributed by atoms with Gasteiger partial charge in [-0.2, -0.15) is 0 Å². The molecule has 1 N–H and O–H groups in total. The van der Waals surface area contributed by atoms with Crippen LogP contribution in [0.1, 0.15) is 12.8 Å². The lowest BCUT2D eigenvalue weighted by molar-refractivity contribution is -0.0108. The van der Waals surface area contributed by atoms with Crippen molar-refractivity contribution in [2.75, 3.05) is 57.3 Å². The van der Waals surface area contributed by atoms with E-state index >= 15 is 0 Å². The molecule has 4 fully saturated rings. The van der Waals surface area contributed by atoms with E-state index in [1.165, 1.54) is 6.42 Å². The summed E-state index contributed by atoms with van der Waals surface area (Å²) < 4.78 is 28.1. The maximum Gasteiger partial charge on any atom is 0.240 e. The van der Waals surface area contributed by atoms with E-state index in [4.69, 9.17) is 11.6 Å². The lowest BCUT2D eigenvalue weighted by Gasteiger charge is -2.51. The van der Waals surface area contributed by atoms with Gasteiger partial charge in [0, 0.05) is 69.3 Å². The van der Waals surface area contributed by atoms with Crippen molar-refractivity contribution in [3.63, 3.8) is 0 Å². The lowest BCUT2D eigenvalue weighted by Crippen LogP contribution is -2.59. The van der Waals surface area contributed by atoms with Crippen LogP contribution >= 0.6 is 11.6 Å². The molecule has 0 saturated carbocycles. The molecule has 10 heteroatoms. The topological polar surface area (TPSA) is 81.7 Å². The number of anilines is 1. The van der Waals surface area contributed by atoms with Crippen LogP contribution in [0.2, 0.25) is 5.02 Å². The van der Waals surface area contributed by atoms with Gasteiger partial charge in [-0.15, -0.1) is 0 Å². The molecular weight excluding hydrogens is 460 g/mol. The van der Waals surface area contributed by atoms with Crippen molar-refractivity contribution in [1.29, 1.82) is 0 Å². The molecule has 4 atom stereocenters. The number of fused-ring (bicyclic) bond motifs is 3. The first-order chi connectivity index (χ1) is 16.0. The molecule has 2 aromatic rings. The molecule has 1 unspecified atom stereocenters. The molecule has 0 aliphatic carbocycles. The normalized spacial score (nSPS) is 28.2. The molecule has 4 aliphatic rings. The number of hydrogen-bond acceptors (Lipinski definition) is 7. The predicted octanol–water partition coefficient (Wildman–Crippen LogP) is 1.94. The zero-order valence-corrected chi connectivity index (χ0v) is 20.3. The van der Waals surface area contributed by atoms with Gasteiger partial charge in [-0.25, -0.2) is 23.1 Å². The van der Waals surface area contributed by atoms with E-state index < -0.39 is 10.0 Å². The van der Waals surface area contributed by atoms with Crippen LogP contribution in [-0.4, -0.2) is 86.6 Å². The Balaban J connectivity index is 1.11. The molecule has 0 radical (unpaired) electrons. The summed E-state index contributed by atoms with van der Waals surface area (Å²) in [7, 11) is -3.52. The van der Waals surface area contributed by atoms with E-state index in [1.54, 1.807) is 36.7 Å². The number of halogens is 1. The molecule has 8 nitrogen and oxygen atoms in total. The van der Waals surface area contributed by atoms with Crippen molar-refractivity contribution in [3.05, 3.63) is 47.7 Å². The molecule has 6 rings (SSSR count). The van der Waals surface area contributed by atoms with Crippen LogP contribution in [0, 0.1) is 11.8 Å². The van der Waals surface area contributed by atoms with Gasteiger partial charge >= 0.3 is 0 Å². The van der Waals surface area contributed by atoms with E-state index in [0.29, 0.717) is 23.4 Å². The third-order valence-electron chi connectivity index (χ3n) is 7.35. The van der Waals surface area contributed by atoms with E-state index in [0.717, 1.165) is 58.2 Å². The summed E-state index contributed by atoms with van der Waals surface area (Å²) in [5, 5.41) is 0.533. The highest BCUT2D eigenvalue weighted by atomic mass is 35.5. The number of sulfonamides is 1. The summed E-state index contributed by atoms with van der Waals surface area (Å²) in [6, 6.07) is 8.45. The summed E-state index contributed by atoms with van der Waals surface area (Å²) in [4.78, 5) is 16.3. The summed E-state index contributed by atoms with van der Waals surface area (Å²) in [5.41, 5.74) is 0. The molecule has 1 aromatic carbocycles. The van der Waals surface area contributed by atoms with E-state index in [9.17, 15) is 8.42 Å².